The largest absolute Gasteiger partial charge is 0.490 e. The molecule has 0 radical (unpaired) electrons. The molecule has 27 heavy (non-hydrogen) atoms. The van der Waals surface area contributed by atoms with Crippen molar-refractivity contribution in [3.8, 4) is 5.75 Å². The fourth-order valence-electron chi connectivity index (χ4n) is 4.31. The molecule has 1 heterocycles. The first kappa shape index (κ1) is 19.8. The van der Waals surface area contributed by atoms with E-state index in [0.717, 1.165) is 31.2 Å². The average Bonchev–Trinajstić information content (AvgIpc) is 3.13. The number of esters is 1. The Kier molecular flexibility index (Phi) is 6.18. The number of halogens is 1. The van der Waals surface area contributed by atoms with Crippen molar-refractivity contribution in [3.63, 3.8) is 0 Å². The van der Waals surface area contributed by atoms with Crippen LogP contribution in [-0.4, -0.2) is 24.0 Å². The molecule has 4 nitrogen and oxygen atoms in total. The van der Waals surface area contributed by atoms with Gasteiger partial charge in [-0.25, -0.2) is 4.39 Å². The van der Waals surface area contributed by atoms with Crippen molar-refractivity contribution in [2.75, 3.05) is 6.61 Å². The molecule has 2 aliphatic rings. The number of carbonyl (C=O) groups is 2. The van der Waals surface area contributed by atoms with Crippen molar-refractivity contribution in [3.05, 3.63) is 29.6 Å². The molecular formula is C22H29FO4. The topological polar surface area (TPSA) is 52.6 Å². The Morgan fingerprint density at radius 3 is 2.63 bits per heavy atom. The van der Waals surface area contributed by atoms with Gasteiger partial charge in [0.05, 0.1) is 6.61 Å². The van der Waals surface area contributed by atoms with Crippen LogP contribution < -0.4 is 4.74 Å². The molecule has 0 spiro atoms. The lowest BCUT2D eigenvalue weighted by Gasteiger charge is -2.41. The van der Waals surface area contributed by atoms with Gasteiger partial charge < -0.3 is 9.47 Å². The lowest BCUT2D eigenvalue weighted by Crippen LogP contribution is -2.48. The summed E-state index contributed by atoms with van der Waals surface area (Å²) < 4.78 is 25.6. The first-order valence-electron chi connectivity index (χ1n) is 10.0. The first-order chi connectivity index (χ1) is 12.9. The van der Waals surface area contributed by atoms with Crippen molar-refractivity contribution in [2.45, 2.75) is 70.8 Å². The Morgan fingerprint density at radius 1 is 1.26 bits per heavy atom. The molecular weight excluding hydrogens is 347 g/mol. The highest BCUT2D eigenvalue weighted by molar-refractivity contribution is 5.98. The van der Waals surface area contributed by atoms with E-state index in [1.807, 2.05) is 19.9 Å². The first-order valence-corrected chi connectivity index (χ1v) is 10.0. The fourth-order valence-corrected chi connectivity index (χ4v) is 4.31. The summed E-state index contributed by atoms with van der Waals surface area (Å²) in [6, 6.07) is 5.01. The molecule has 2 fully saturated rings. The third-order valence-electron chi connectivity index (χ3n) is 5.66. The predicted octanol–water partition coefficient (Wildman–Crippen LogP) is 4.63. The van der Waals surface area contributed by atoms with Gasteiger partial charge in [0.25, 0.3) is 0 Å². The standard InChI is InChI=1S/C22H29FO4/c1-15(2)14-26-20-8-7-16(11-19(20)23)9-10-22(17-5-3-4-6-17)13-18(24)12-21(25)27-22/h7-8,11,15,17H,3-6,9-10,12-14H2,1-2H3. The van der Waals surface area contributed by atoms with Gasteiger partial charge in [0.1, 0.15) is 17.8 Å². The molecule has 1 saturated heterocycles. The lowest BCUT2D eigenvalue weighted by molar-refractivity contribution is -0.178. The van der Waals surface area contributed by atoms with E-state index in [1.165, 1.54) is 6.07 Å². The van der Waals surface area contributed by atoms with E-state index in [-0.39, 0.29) is 29.7 Å². The summed E-state index contributed by atoms with van der Waals surface area (Å²) in [5.74, 6) is -0.0152. The highest BCUT2D eigenvalue weighted by atomic mass is 19.1. The normalized spacial score (nSPS) is 23.7. The minimum Gasteiger partial charge on any atom is -0.490 e. The molecule has 1 aromatic carbocycles. The molecule has 148 valence electrons. The van der Waals surface area contributed by atoms with E-state index in [1.54, 1.807) is 6.07 Å². The number of carbonyl (C=O) groups excluding carboxylic acids is 2. The highest BCUT2D eigenvalue weighted by Gasteiger charge is 2.47. The van der Waals surface area contributed by atoms with E-state index in [2.05, 4.69) is 0 Å². The molecule has 0 N–H and O–H groups in total. The SMILES string of the molecule is CC(C)COc1ccc(CCC2(C3CCCC3)CC(=O)CC(=O)O2)cc1F. The highest BCUT2D eigenvalue weighted by Crippen LogP contribution is 2.44. The minimum absolute atomic E-state index is 0.0400. The Hall–Kier alpha value is -1.91. The summed E-state index contributed by atoms with van der Waals surface area (Å²) in [5, 5.41) is 0. The number of hydrogen-bond donors (Lipinski definition) is 0. The molecule has 1 unspecified atom stereocenters. The number of benzene rings is 1. The van der Waals surface area contributed by atoms with Gasteiger partial charge in [0.2, 0.25) is 0 Å². The van der Waals surface area contributed by atoms with Gasteiger partial charge in [-0.2, -0.15) is 0 Å². The van der Waals surface area contributed by atoms with Gasteiger partial charge in [0, 0.05) is 6.42 Å². The van der Waals surface area contributed by atoms with Crippen LogP contribution in [-0.2, 0) is 20.7 Å². The minimum atomic E-state index is -0.716. The Bertz CT molecular complexity index is 676. The summed E-state index contributed by atoms with van der Waals surface area (Å²) in [5.41, 5.74) is 0.113. The van der Waals surface area contributed by atoms with Crippen molar-refractivity contribution in [1.29, 1.82) is 0 Å². The zero-order valence-corrected chi connectivity index (χ0v) is 16.3. The van der Waals surface area contributed by atoms with Gasteiger partial charge in [-0.15, -0.1) is 0 Å². The van der Waals surface area contributed by atoms with Crippen LogP contribution in [0.15, 0.2) is 18.2 Å². The molecule has 0 aromatic heterocycles. The Labute approximate surface area is 160 Å². The van der Waals surface area contributed by atoms with Gasteiger partial charge in [-0.05, 0) is 55.2 Å². The number of aryl methyl sites for hydroxylation is 1. The molecule has 1 aromatic rings. The van der Waals surface area contributed by atoms with Gasteiger partial charge in [-0.3, -0.25) is 9.59 Å². The summed E-state index contributed by atoms with van der Waals surface area (Å²) >= 11 is 0. The number of ketones is 1. The Balaban J connectivity index is 1.71. The van der Waals surface area contributed by atoms with Gasteiger partial charge in [0.15, 0.2) is 11.6 Å². The second-order valence-electron chi connectivity index (χ2n) is 8.38. The number of Topliss-reactive ketones (excluding diaryl/α,β-unsaturated/α-hetero) is 1. The number of ether oxygens (including phenoxy) is 2. The Morgan fingerprint density at radius 2 is 2.00 bits per heavy atom. The van der Waals surface area contributed by atoms with Crippen LogP contribution in [0.25, 0.3) is 0 Å². The number of hydrogen-bond acceptors (Lipinski definition) is 4. The van der Waals surface area contributed by atoms with Crippen molar-refractivity contribution < 1.29 is 23.5 Å². The maximum atomic E-state index is 14.3. The third kappa shape index (κ3) is 4.88. The van der Waals surface area contributed by atoms with Crippen molar-refractivity contribution >= 4 is 11.8 Å². The smallest absolute Gasteiger partial charge is 0.313 e. The molecule has 5 heteroatoms. The molecule has 0 amide bonds. The van der Waals surface area contributed by atoms with E-state index in [9.17, 15) is 14.0 Å². The van der Waals surface area contributed by atoms with Crippen LogP contribution in [0.1, 0.15) is 64.4 Å². The summed E-state index contributed by atoms with van der Waals surface area (Å²) in [6.07, 6.45) is 5.48. The van der Waals surface area contributed by atoms with Gasteiger partial charge >= 0.3 is 5.97 Å². The second kappa shape index (κ2) is 8.41. The molecule has 0 bridgehead atoms. The van der Waals surface area contributed by atoms with E-state index in [0.29, 0.717) is 31.8 Å². The third-order valence-corrected chi connectivity index (χ3v) is 5.66. The van der Waals surface area contributed by atoms with E-state index >= 15 is 0 Å². The quantitative estimate of drug-likeness (QED) is 0.514. The second-order valence-corrected chi connectivity index (χ2v) is 8.38. The maximum absolute atomic E-state index is 14.3. The maximum Gasteiger partial charge on any atom is 0.313 e. The molecule has 1 saturated carbocycles. The summed E-state index contributed by atoms with van der Waals surface area (Å²) in [7, 11) is 0. The fraction of sp³-hybridized carbons (Fsp3) is 0.636. The van der Waals surface area contributed by atoms with E-state index < -0.39 is 11.6 Å². The average molecular weight is 376 g/mol. The zero-order chi connectivity index (χ0) is 19.4. The molecule has 1 aliphatic carbocycles. The monoisotopic (exact) mass is 376 g/mol. The van der Waals surface area contributed by atoms with Crippen LogP contribution in [0, 0.1) is 17.7 Å². The number of rotatable bonds is 7. The number of cyclic esters (lactones) is 1. The van der Waals surface area contributed by atoms with Crippen LogP contribution in [0.2, 0.25) is 0 Å². The lowest BCUT2D eigenvalue weighted by atomic mass is 9.76. The molecule has 1 aliphatic heterocycles. The summed E-state index contributed by atoms with van der Waals surface area (Å²) in [6.45, 7) is 4.50. The molecule has 1 atom stereocenters. The summed E-state index contributed by atoms with van der Waals surface area (Å²) in [4.78, 5) is 24.1. The van der Waals surface area contributed by atoms with Gasteiger partial charge in [-0.1, -0.05) is 32.8 Å². The zero-order valence-electron chi connectivity index (χ0n) is 16.3. The van der Waals surface area contributed by atoms with Crippen LogP contribution >= 0.6 is 0 Å². The van der Waals surface area contributed by atoms with Crippen molar-refractivity contribution in [1.82, 2.24) is 0 Å². The van der Waals surface area contributed by atoms with Crippen LogP contribution in [0.4, 0.5) is 4.39 Å². The van der Waals surface area contributed by atoms with Crippen molar-refractivity contribution in [2.24, 2.45) is 11.8 Å². The predicted molar refractivity (Wildman–Crippen MR) is 100 cm³/mol. The van der Waals surface area contributed by atoms with Crippen LogP contribution in [0.3, 0.4) is 0 Å². The molecule has 3 rings (SSSR count). The van der Waals surface area contributed by atoms with Crippen LogP contribution in [0.5, 0.6) is 5.75 Å². The van der Waals surface area contributed by atoms with E-state index in [4.69, 9.17) is 9.47 Å².